The van der Waals surface area contributed by atoms with Gasteiger partial charge in [-0.05, 0) is 29.8 Å². The molecule has 29 heavy (non-hydrogen) atoms. The molecule has 152 valence electrons. The van der Waals surface area contributed by atoms with Crippen molar-refractivity contribution in [3.05, 3.63) is 74.7 Å². The molecule has 0 radical (unpaired) electrons. The van der Waals surface area contributed by atoms with Crippen molar-refractivity contribution in [2.45, 2.75) is 6.04 Å². The monoisotopic (exact) mass is 479 g/mol. The molecule has 1 aliphatic rings. The van der Waals surface area contributed by atoms with Gasteiger partial charge in [0.2, 0.25) is 0 Å². The van der Waals surface area contributed by atoms with Crippen LogP contribution in [0, 0.1) is 0 Å². The standard InChI is InChI=1S/C21H19BrClNO5/c22-15-5-1-14(2-6-15)19(26)17-18(13-3-7-16(23)8-4-13)24(21(28)20(17)27)9-11-29-12-10-25/h1-8,18,25-26H,9-12H2/b19-17+. The Bertz CT molecular complexity index is 927. The molecule has 8 heteroatoms. The highest BCUT2D eigenvalue weighted by Gasteiger charge is 2.45. The van der Waals surface area contributed by atoms with Crippen LogP contribution in [0.4, 0.5) is 0 Å². The average Bonchev–Trinajstić information content (AvgIpc) is 2.96. The van der Waals surface area contributed by atoms with E-state index in [-0.39, 0.29) is 37.7 Å². The minimum atomic E-state index is -0.770. The highest BCUT2D eigenvalue weighted by Crippen LogP contribution is 2.39. The number of carbonyl (C=O) groups is 2. The predicted molar refractivity (Wildman–Crippen MR) is 113 cm³/mol. The van der Waals surface area contributed by atoms with E-state index >= 15 is 0 Å². The maximum atomic E-state index is 12.8. The number of ether oxygens (including phenoxy) is 1. The van der Waals surface area contributed by atoms with Crippen molar-refractivity contribution in [2.75, 3.05) is 26.4 Å². The molecular formula is C21H19BrClNO5. The first kappa shape index (κ1) is 21.5. The normalized spacial score (nSPS) is 18.4. The third-order valence-corrected chi connectivity index (χ3v) is 5.34. The second-order valence-corrected chi connectivity index (χ2v) is 7.74. The van der Waals surface area contributed by atoms with Gasteiger partial charge in [-0.25, -0.2) is 0 Å². The Balaban J connectivity index is 2.05. The molecule has 0 saturated carbocycles. The number of benzene rings is 2. The largest absolute Gasteiger partial charge is 0.507 e. The molecule has 2 aromatic rings. The molecular weight excluding hydrogens is 462 g/mol. The van der Waals surface area contributed by atoms with Crippen molar-refractivity contribution in [1.82, 2.24) is 4.90 Å². The second kappa shape index (κ2) is 9.54. The number of amides is 1. The second-order valence-electron chi connectivity index (χ2n) is 6.39. The van der Waals surface area contributed by atoms with Gasteiger partial charge < -0.3 is 19.8 Å². The van der Waals surface area contributed by atoms with E-state index in [1.54, 1.807) is 48.5 Å². The summed E-state index contributed by atoms with van der Waals surface area (Å²) in [5.41, 5.74) is 1.10. The minimum absolute atomic E-state index is 0.0156. The lowest BCUT2D eigenvalue weighted by molar-refractivity contribution is -0.140. The predicted octanol–water partition coefficient (Wildman–Crippen LogP) is 3.53. The van der Waals surface area contributed by atoms with Crippen LogP contribution in [-0.2, 0) is 14.3 Å². The molecule has 0 aliphatic carbocycles. The summed E-state index contributed by atoms with van der Waals surface area (Å²) in [5, 5.41) is 20.3. The highest BCUT2D eigenvalue weighted by atomic mass is 79.9. The van der Waals surface area contributed by atoms with Crippen molar-refractivity contribution in [3.8, 4) is 0 Å². The van der Waals surface area contributed by atoms with Gasteiger partial charge in [-0.1, -0.05) is 51.8 Å². The summed E-state index contributed by atoms with van der Waals surface area (Å²) in [7, 11) is 0. The zero-order valence-electron chi connectivity index (χ0n) is 15.3. The Morgan fingerprint density at radius 2 is 1.72 bits per heavy atom. The molecule has 1 fully saturated rings. The lowest BCUT2D eigenvalue weighted by atomic mass is 9.95. The van der Waals surface area contributed by atoms with E-state index in [0.29, 0.717) is 16.1 Å². The molecule has 2 aromatic carbocycles. The number of aliphatic hydroxyl groups is 2. The van der Waals surface area contributed by atoms with E-state index in [4.69, 9.17) is 21.4 Å². The van der Waals surface area contributed by atoms with Gasteiger partial charge in [0, 0.05) is 21.6 Å². The van der Waals surface area contributed by atoms with Gasteiger partial charge >= 0.3 is 0 Å². The van der Waals surface area contributed by atoms with E-state index in [0.717, 1.165) is 4.47 Å². The van der Waals surface area contributed by atoms with Crippen molar-refractivity contribution in [2.24, 2.45) is 0 Å². The van der Waals surface area contributed by atoms with Gasteiger partial charge in [-0.2, -0.15) is 0 Å². The maximum Gasteiger partial charge on any atom is 0.295 e. The number of halogens is 2. The Morgan fingerprint density at radius 1 is 1.07 bits per heavy atom. The van der Waals surface area contributed by atoms with E-state index < -0.39 is 17.7 Å². The average molecular weight is 481 g/mol. The molecule has 1 atom stereocenters. The SMILES string of the molecule is O=C1C(=O)N(CCOCCO)C(c2ccc(Cl)cc2)/C1=C(\O)c1ccc(Br)cc1. The van der Waals surface area contributed by atoms with Gasteiger partial charge in [0.15, 0.2) is 0 Å². The van der Waals surface area contributed by atoms with Crippen LogP contribution in [0.15, 0.2) is 58.6 Å². The zero-order valence-corrected chi connectivity index (χ0v) is 17.7. The van der Waals surface area contributed by atoms with Crippen LogP contribution in [0.3, 0.4) is 0 Å². The first-order valence-electron chi connectivity index (χ1n) is 8.92. The first-order valence-corrected chi connectivity index (χ1v) is 10.1. The van der Waals surface area contributed by atoms with Gasteiger partial charge in [0.1, 0.15) is 5.76 Å². The Kier molecular flexibility index (Phi) is 7.08. The number of rotatable bonds is 7. The Hall–Kier alpha value is -2.19. The molecule has 1 heterocycles. The van der Waals surface area contributed by atoms with Crippen molar-refractivity contribution >= 4 is 45.0 Å². The molecule has 0 bridgehead atoms. The lowest BCUT2D eigenvalue weighted by Crippen LogP contribution is -2.33. The van der Waals surface area contributed by atoms with Crippen molar-refractivity contribution in [3.63, 3.8) is 0 Å². The van der Waals surface area contributed by atoms with Crippen LogP contribution in [0.25, 0.3) is 5.76 Å². The number of hydrogen-bond donors (Lipinski definition) is 2. The summed E-state index contributed by atoms with van der Waals surface area (Å²) in [5.74, 6) is -1.71. The fraction of sp³-hybridized carbons (Fsp3) is 0.238. The number of aliphatic hydroxyl groups excluding tert-OH is 2. The van der Waals surface area contributed by atoms with Crippen LogP contribution in [0.5, 0.6) is 0 Å². The van der Waals surface area contributed by atoms with E-state index in [1.165, 1.54) is 4.90 Å². The minimum Gasteiger partial charge on any atom is -0.507 e. The molecule has 1 amide bonds. The molecule has 0 spiro atoms. The molecule has 6 nitrogen and oxygen atoms in total. The van der Waals surface area contributed by atoms with Gasteiger partial charge in [0.05, 0.1) is 31.4 Å². The highest BCUT2D eigenvalue weighted by molar-refractivity contribution is 9.10. The van der Waals surface area contributed by atoms with Crippen LogP contribution >= 0.6 is 27.5 Å². The number of Topliss-reactive ketones (excluding diaryl/α,β-unsaturated/α-hetero) is 1. The summed E-state index contributed by atoms with van der Waals surface area (Å²) >= 11 is 9.32. The fourth-order valence-electron chi connectivity index (χ4n) is 3.20. The van der Waals surface area contributed by atoms with Crippen molar-refractivity contribution in [1.29, 1.82) is 0 Å². The topological polar surface area (TPSA) is 87.1 Å². The van der Waals surface area contributed by atoms with Gasteiger partial charge in [-0.15, -0.1) is 0 Å². The maximum absolute atomic E-state index is 12.8. The summed E-state index contributed by atoms with van der Waals surface area (Å²) in [6, 6.07) is 12.8. The first-order chi connectivity index (χ1) is 13.9. The molecule has 1 unspecified atom stereocenters. The summed E-state index contributed by atoms with van der Waals surface area (Å²) < 4.78 is 6.09. The molecule has 2 N–H and O–H groups in total. The molecule has 3 rings (SSSR count). The van der Waals surface area contributed by atoms with Crippen LogP contribution in [0.2, 0.25) is 5.02 Å². The number of ketones is 1. The summed E-state index contributed by atoms with van der Waals surface area (Å²) in [6.45, 7) is 0.280. The summed E-state index contributed by atoms with van der Waals surface area (Å²) in [6.07, 6.45) is 0. The Morgan fingerprint density at radius 3 is 2.34 bits per heavy atom. The third kappa shape index (κ3) is 4.70. The number of nitrogens with zero attached hydrogens (tertiary/aromatic N) is 1. The van der Waals surface area contributed by atoms with E-state index in [2.05, 4.69) is 15.9 Å². The van der Waals surface area contributed by atoms with Crippen molar-refractivity contribution < 1.29 is 24.5 Å². The van der Waals surface area contributed by atoms with E-state index in [1.807, 2.05) is 0 Å². The van der Waals surface area contributed by atoms with Gasteiger partial charge in [0.25, 0.3) is 11.7 Å². The lowest BCUT2D eigenvalue weighted by Gasteiger charge is -2.25. The quantitative estimate of drug-likeness (QED) is 0.274. The van der Waals surface area contributed by atoms with Crippen LogP contribution < -0.4 is 0 Å². The molecule has 0 aromatic heterocycles. The smallest absolute Gasteiger partial charge is 0.295 e. The van der Waals surface area contributed by atoms with E-state index in [9.17, 15) is 14.7 Å². The fourth-order valence-corrected chi connectivity index (χ4v) is 3.59. The number of carbonyl (C=O) groups excluding carboxylic acids is 2. The third-order valence-electron chi connectivity index (χ3n) is 4.56. The number of likely N-dealkylation sites (tertiary alicyclic amines) is 1. The van der Waals surface area contributed by atoms with Crippen LogP contribution in [0.1, 0.15) is 17.2 Å². The Labute approximate surface area is 181 Å². The van der Waals surface area contributed by atoms with Gasteiger partial charge in [-0.3, -0.25) is 9.59 Å². The van der Waals surface area contributed by atoms with Crippen LogP contribution in [-0.4, -0.2) is 53.2 Å². The molecule has 1 aliphatic heterocycles. The molecule has 1 saturated heterocycles. The number of hydrogen-bond acceptors (Lipinski definition) is 5. The summed E-state index contributed by atoms with van der Waals surface area (Å²) in [4.78, 5) is 26.9. The zero-order chi connectivity index (χ0) is 21.0.